The first-order valence-electron chi connectivity index (χ1n) is 2.92. The van der Waals surface area contributed by atoms with Crippen LogP contribution < -0.4 is 5.84 Å². The second kappa shape index (κ2) is 3.48. The molecule has 0 saturated carbocycles. The van der Waals surface area contributed by atoms with E-state index in [2.05, 4.69) is 21.0 Å². The van der Waals surface area contributed by atoms with Gasteiger partial charge < -0.3 is 5.84 Å². The zero-order chi connectivity index (χ0) is 8.27. The number of halogens is 2. The lowest BCUT2D eigenvalue weighted by molar-refractivity contribution is 0.621. The van der Waals surface area contributed by atoms with Crippen LogP contribution in [-0.4, -0.2) is 6.21 Å². The predicted octanol–water partition coefficient (Wildman–Crippen LogP) is 1.88. The van der Waals surface area contributed by atoms with Crippen molar-refractivity contribution < 1.29 is 4.39 Å². The van der Waals surface area contributed by atoms with E-state index < -0.39 is 0 Å². The minimum absolute atomic E-state index is 0.292. The van der Waals surface area contributed by atoms with Crippen molar-refractivity contribution in [3.8, 4) is 0 Å². The second-order valence-corrected chi connectivity index (χ2v) is 2.81. The number of benzene rings is 1. The summed E-state index contributed by atoms with van der Waals surface area (Å²) in [5, 5.41) is 3.31. The van der Waals surface area contributed by atoms with Crippen LogP contribution >= 0.6 is 15.9 Å². The van der Waals surface area contributed by atoms with Gasteiger partial charge in [-0.3, -0.25) is 0 Å². The minimum Gasteiger partial charge on any atom is -0.323 e. The van der Waals surface area contributed by atoms with Gasteiger partial charge in [0, 0.05) is 0 Å². The van der Waals surface area contributed by atoms with E-state index in [1.54, 1.807) is 12.1 Å². The largest absolute Gasteiger partial charge is 0.323 e. The minimum atomic E-state index is -0.292. The van der Waals surface area contributed by atoms with Crippen molar-refractivity contribution in [3.05, 3.63) is 34.1 Å². The van der Waals surface area contributed by atoms with Crippen molar-refractivity contribution in [1.82, 2.24) is 0 Å². The van der Waals surface area contributed by atoms with Crippen LogP contribution in [0.2, 0.25) is 0 Å². The fourth-order valence-electron chi connectivity index (χ4n) is 0.679. The van der Waals surface area contributed by atoms with Crippen molar-refractivity contribution in [2.45, 2.75) is 0 Å². The summed E-state index contributed by atoms with van der Waals surface area (Å²) in [7, 11) is 0. The fourth-order valence-corrected chi connectivity index (χ4v) is 1.08. The third-order valence-electron chi connectivity index (χ3n) is 1.17. The molecule has 1 aromatic carbocycles. The Bertz CT molecular complexity index is 286. The van der Waals surface area contributed by atoms with Gasteiger partial charge in [0.1, 0.15) is 5.82 Å². The Morgan fingerprint density at radius 3 is 2.82 bits per heavy atom. The SMILES string of the molecule is N/N=C\c1ccc(F)c(Br)c1. The number of nitrogens with two attached hydrogens (primary N) is 1. The third kappa shape index (κ3) is 2.01. The Morgan fingerprint density at radius 2 is 2.27 bits per heavy atom. The summed E-state index contributed by atoms with van der Waals surface area (Å²) in [6, 6.07) is 4.54. The zero-order valence-electron chi connectivity index (χ0n) is 5.59. The zero-order valence-corrected chi connectivity index (χ0v) is 7.18. The molecule has 0 radical (unpaired) electrons. The van der Waals surface area contributed by atoms with E-state index in [1.165, 1.54) is 12.3 Å². The van der Waals surface area contributed by atoms with E-state index in [9.17, 15) is 4.39 Å². The molecule has 0 aliphatic heterocycles. The lowest BCUT2D eigenvalue weighted by Crippen LogP contribution is -1.87. The van der Waals surface area contributed by atoms with Gasteiger partial charge in [0.05, 0.1) is 10.7 Å². The summed E-state index contributed by atoms with van der Waals surface area (Å²) in [5.41, 5.74) is 0.765. The van der Waals surface area contributed by atoms with E-state index >= 15 is 0 Å². The smallest absolute Gasteiger partial charge is 0.137 e. The van der Waals surface area contributed by atoms with Gasteiger partial charge in [-0.2, -0.15) is 5.10 Å². The molecule has 0 bridgehead atoms. The highest BCUT2D eigenvalue weighted by Crippen LogP contribution is 2.15. The van der Waals surface area contributed by atoms with E-state index in [-0.39, 0.29) is 5.82 Å². The molecule has 58 valence electrons. The molecule has 0 amide bonds. The van der Waals surface area contributed by atoms with Crippen LogP contribution in [0.5, 0.6) is 0 Å². The van der Waals surface area contributed by atoms with E-state index in [0.717, 1.165) is 5.56 Å². The molecule has 0 aromatic heterocycles. The molecular formula is C7H6BrFN2. The highest BCUT2D eigenvalue weighted by molar-refractivity contribution is 9.10. The van der Waals surface area contributed by atoms with Crippen LogP contribution in [0.1, 0.15) is 5.56 Å². The molecule has 4 heteroatoms. The topological polar surface area (TPSA) is 38.4 Å². The van der Waals surface area contributed by atoms with Crippen molar-refractivity contribution in [2.24, 2.45) is 10.9 Å². The normalized spacial score (nSPS) is 10.7. The molecular weight excluding hydrogens is 211 g/mol. The highest BCUT2D eigenvalue weighted by Gasteiger charge is 1.97. The predicted molar refractivity (Wildman–Crippen MR) is 45.9 cm³/mol. The van der Waals surface area contributed by atoms with Crippen molar-refractivity contribution >= 4 is 22.1 Å². The van der Waals surface area contributed by atoms with E-state index in [1.807, 2.05) is 0 Å². The molecule has 0 atom stereocenters. The van der Waals surface area contributed by atoms with E-state index in [0.29, 0.717) is 4.47 Å². The Hall–Kier alpha value is -0.900. The van der Waals surface area contributed by atoms with Crippen LogP contribution in [0.4, 0.5) is 4.39 Å². The summed E-state index contributed by atoms with van der Waals surface area (Å²) in [6.07, 6.45) is 1.45. The lowest BCUT2D eigenvalue weighted by atomic mass is 10.2. The maximum absolute atomic E-state index is 12.6. The molecule has 0 spiro atoms. The molecule has 2 nitrogen and oxygen atoms in total. The van der Waals surface area contributed by atoms with Gasteiger partial charge in [-0.1, -0.05) is 6.07 Å². The number of hydrazone groups is 1. The van der Waals surface area contributed by atoms with Crippen LogP contribution in [-0.2, 0) is 0 Å². The molecule has 0 saturated heterocycles. The number of rotatable bonds is 1. The van der Waals surface area contributed by atoms with Gasteiger partial charge in [-0.05, 0) is 33.6 Å². The van der Waals surface area contributed by atoms with Crippen molar-refractivity contribution in [1.29, 1.82) is 0 Å². The number of hydrogen-bond donors (Lipinski definition) is 1. The molecule has 0 unspecified atom stereocenters. The van der Waals surface area contributed by atoms with Gasteiger partial charge in [0.25, 0.3) is 0 Å². The first-order chi connectivity index (χ1) is 5.24. The average Bonchev–Trinajstić information content (AvgIpc) is 1.98. The fraction of sp³-hybridized carbons (Fsp3) is 0. The van der Waals surface area contributed by atoms with Crippen LogP contribution in [0, 0.1) is 5.82 Å². The molecule has 11 heavy (non-hydrogen) atoms. The Morgan fingerprint density at radius 1 is 1.55 bits per heavy atom. The molecule has 0 fully saturated rings. The summed E-state index contributed by atoms with van der Waals surface area (Å²) in [4.78, 5) is 0. The molecule has 2 N–H and O–H groups in total. The highest BCUT2D eigenvalue weighted by atomic mass is 79.9. The first kappa shape index (κ1) is 8.20. The van der Waals surface area contributed by atoms with Gasteiger partial charge in [-0.25, -0.2) is 4.39 Å². The Balaban J connectivity index is 3.05. The average molecular weight is 217 g/mol. The van der Waals surface area contributed by atoms with Crippen LogP contribution in [0.15, 0.2) is 27.8 Å². The van der Waals surface area contributed by atoms with E-state index in [4.69, 9.17) is 5.84 Å². The maximum Gasteiger partial charge on any atom is 0.137 e. The first-order valence-corrected chi connectivity index (χ1v) is 3.71. The summed E-state index contributed by atoms with van der Waals surface area (Å²) in [6.45, 7) is 0. The van der Waals surface area contributed by atoms with Gasteiger partial charge >= 0.3 is 0 Å². The summed E-state index contributed by atoms with van der Waals surface area (Å²) < 4.78 is 13.0. The second-order valence-electron chi connectivity index (χ2n) is 1.95. The Kier molecular flexibility index (Phi) is 2.59. The third-order valence-corrected chi connectivity index (χ3v) is 1.77. The molecule has 1 aromatic rings. The van der Waals surface area contributed by atoms with Crippen molar-refractivity contribution in [3.63, 3.8) is 0 Å². The molecule has 0 aliphatic carbocycles. The summed E-state index contributed by atoms with van der Waals surface area (Å²) >= 11 is 3.04. The molecule has 1 rings (SSSR count). The standard InChI is InChI=1S/C7H6BrFN2/c8-6-3-5(4-11-10)1-2-7(6)9/h1-4H,10H2/b11-4-. The maximum atomic E-state index is 12.6. The lowest BCUT2D eigenvalue weighted by Gasteiger charge is -1.94. The van der Waals surface area contributed by atoms with Crippen molar-refractivity contribution in [2.75, 3.05) is 0 Å². The number of nitrogens with zero attached hydrogens (tertiary/aromatic N) is 1. The van der Waals surface area contributed by atoms with Crippen LogP contribution in [0.3, 0.4) is 0 Å². The van der Waals surface area contributed by atoms with Gasteiger partial charge in [-0.15, -0.1) is 0 Å². The molecule has 0 heterocycles. The number of hydrogen-bond acceptors (Lipinski definition) is 2. The Labute approximate surface area is 72.0 Å². The van der Waals surface area contributed by atoms with Gasteiger partial charge in [0.2, 0.25) is 0 Å². The molecule has 0 aliphatic rings. The van der Waals surface area contributed by atoms with Gasteiger partial charge in [0.15, 0.2) is 0 Å². The quantitative estimate of drug-likeness (QED) is 0.435. The summed E-state index contributed by atoms with van der Waals surface area (Å²) in [5.74, 6) is 4.62. The van der Waals surface area contributed by atoms with Crippen LogP contribution in [0.25, 0.3) is 0 Å². The monoisotopic (exact) mass is 216 g/mol.